The van der Waals surface area contributed by atoms with Crippen molar-refractivity contribution in [2.24, 2.45) is 0 Å². The molecular formula is C26H33ClN2O5. The number of rotatable bonds is 1. The Hall–Kier alpha value is -2.51. The highest BCUT2D eigenvalue weighted by molar-refractivity contribution is 6.35. The molecule has 34 heavy (non-hydrogen) atoms. The van der Waals surface area contributed by atoms with Crippen molar-refractivity contribution in [3.8, 4) is 5.75 Å². The predicted octanol–water partition coefficient (Wildman–Crippen LogP) is 4.96. The van der Waals surface area contributed by atoms with Crippen molar-refractivity contribution in [1.29, 1.82) is 0 Å². The zero-order valence-corrected chi connectivity index (χ0v) is 21.0. The summed E-state index contributed by atoms with van der Waals surface area (Å²) in [4.78, 5) is 26.7. The number of carbonyl (C=O) groups excluding carboxylic acids is 2. The number of hydrogen-bond donors (Lipinski definition) is 1. The first-order chi connectivity index (χ1) is 16.2. The topological polar surface area (TPSA) is 80.4 Å². The number of fused-ring (bicyclic) bond motifs is 5. The van der Waals surface area contributed by atoms with Crippen LogP contribution in [0.25, 0.3) is 0 Å². The van der Waals surface area contributed by atoms with E-state index in [1.807, 2.05) is 25.1 Å². The van der Waals surface area contributed by atoms with Gasteiger partial charge >= 0.3 is 6.09 Å². The number of hydrogen-bond acceptors (Lipinski definition) is 5. The maximum absolute atomic E-state index is 13.1. The van der Waals surface area contributed by atoms with E-state index in [9.17, 15) is 9.59 Å². The smallest absolute Gasteiger partial charge is 0.407 e. The van der Waals surface area contributed by atoms with E-state index in [1.54, 1.807) is 19.1 Å². The number of halogens is 1. The van der Waals surface area contributed by atoms with E-state index < -0.39 is 5.60 Å². The second-order valence-electron chi connectivity index (χ2n) is 9.70. The first-order valence-corrected chi connectivity index (χ1v) is 12.2. The van der Waals surface area contributed by atoms with Crippen LogP contribution in [0.3, 0.4) is 0 Å². The molecule has 1 N–H and O–H groups in total. The monoisotopic (exact) mass is 488 g/mol. The van der Waals surface area contributed by atoms with Crippen LogP contribution in [0.15, 0.2) is 35.9 Å². The van der Waals surface area contributed by atoms with E-state index in [-0.39, 0.29) is 30.3 Å². The normalized spacial score (nSPS) is 32.6. The number of alkyl carbamates (subject to hydrolysis) is 1. The number of allylic oxidation sites excluding steroid dienone is 3. The third-order valence-electron chi connectivity index (χ3n) is 6.95. The summed E-state index contributed by atoms with van der Waals surface area (Å²) in [5.41, 5.74) is 2.40. The number of carbonyl (C=O) groups is 2. The minimum Gasteiger partial charge on any atom is -0.495 e. The maximum Gasteiger partial charge on any atom is 0.407 e. The molecule has 4 atom stereocenters. The van der Waals surface area contributed by atoms with Gasteiger partial charge in [-0.1, -0.05) is 35.4 Å². The lowest BCUT2D eigenvalue weighted by molar-refractivity contribution is -0.118. The van der Waals surface area contributed by atoms with Crippen LogP contribution in [-0.4, -0.2) is 50.0 Å². The standard InChI is InChI=1S/C26H33ClN2O5/c1-16-7-5-6-8-18-14-19(33-25(31)28-18)15-22-26(2,34-22)10-9-23(30)29(3)20-12-17(11-16)13-21(32-4)24(20)27/h5-7,12-13,18-19,22H,8-11,14-15H2,1-4H3,(H,28,31)/b6-5+,16-7+/t18?,19-,22-,26-/m0/s1. The molecule has 2 amide bonds. The van der Waals surface area contributed by atoms with Gasteiger partial charge in [0, 0.05) is 32.4 Å². The number of benzene rings is 1. The van der Waals surface area contributed by atoms with Gasteiger partial charge in [0.25, 0.3) is 0 Å². The third kappa shape index (κ3) is 5.58. The summed E-state index contributed by atoms with van der Waals surface area (Å²) in [7, 11) is 3.32. The molecule has 8 heteroatoms. The lowest BCUT2D eigenvalue weighted by Gasteiger charge is -2.29. The van der Waals surface area contributed by atoms with Gasteiger partial charge in [-0.25, -0.2) is 4.79 Å². The fourth-order valence-corrected chi connectivity index (χ4v) is 5.08. The molecule has 184 valence electrons. The Labute approximate surface area is 206 Å². The summed E-state index contributed by atoms with van der Waals surface area (Å²) < 4.78 is 17.0. The van der Waals surface area contributed by atoms with Crippen molar-refractivity contribution in [1.82, 2.24) is 5.32 Å². The van der Waals surface area contributed by atoms with Gasteiger partial charge in [0.15, 0.2) is 0 Å². The van der Waals surface area contributed by atoms with Gasteiger partial charge in [-0.15, -0.1) is 0 Å². The van der Waals surface area contributed by atoms with Gasteiger partial charge in [-0.2, -0.15) is 0 Å². The predicted molar refractivity (Wildman–Crippen MR) is 132 cm³/mol. The zero-order chi connectivity index (χ0) is 24.5. The molecular weight excluding hydrogens is 456 g/mol. The lowest BCUT2D eigenvalue weighted by Crippen LogP contribution is -2.45. The molecule has 1 aromatic carbocycles. The second-order valence-corrected chi connectivity index (χ2v) is 10.1. The largest absolute Gasteiger partial charge is 0.495 e. The summed E-state index contributed by atoms with van der Waals surface area (Å²) in [6, 6.07) is 3.89. The van der Waals surface area contributed by atoms with Gasteiger partial charge in [0.1, 0.15) is 16.9 Å². The van der Waals surface area contributed by atoms with Gasteiger partial charge < -0.3 is 24.4 Å². The van der Waals surface area contributed by atoms with E-state index in [0.29, 0.717) is 42.1 Å². The van der Waals surface area contributed by atoms with E-state index in [1.165, 1.54) is 0 Å². The summed E-state index contributed by atoms with van der Waals surface area (Å²) >= 11 is 6.58. The average molecular weight is 489 g/mol. The van der Waals surface area contributed by atoms with Crippen LogP contribution in [0.2, 0.25) is 5.02 Å². The summed E-state index contributed by atoms with van der Waals surface area (Å²) in [6.07, 6.45) is 9.26. The molecule has 0 aromatic heterocycles. The lowest BCUT2D eigenvalue weighted by atomic mass is 9.94. The molecule has 0 aliphatic carbocycles. The molecule has 4 rings (SSSR count). The Kier molecular flexibility index (Phi) is 7.24. The Bertz CT molecular complexity index is 1020. The minimum atomic E-state index is -0.392. The van der Waals surface area contributed by atoms with Crippen molar-refractivity contribution < 1.29 is 23.8 Å². The highest BCUT2D eigenvalue weighted by Gasteiger charge is 2.53. The van der Waals surface area contributed by atoms with E-state index >= 15 is 0 Å². The molecule has 4 bridgehead atoms. The first kappa shape index (κ1) is 24.6. The number of anilines is 1. The molecule has 7 nitrogen and oxygen atoms in total. The van der Waals surface area contributed by atoms with Crippen molar-refractivity contribution in [2.75, 3.05) is 19.1 Å². The van der Waals surface area contributed by atoms with Crippen LogP contribution in [0.4, 0.5) is 10.5 Å². The van der Waals surface area contributed by atoms with Crippen LogP contribution in [-0.2, 0) is 20.7 Å². The van der Waals surface area contributed by atoms with Gasteiger partial charge in [-0.3, -0.25) is 4.79 Å². The molecule has 0 radical (unpaired) electrons. The fourth-order valence-electron chi connectivity index (χ4n) is 4.77. The summed E-state index contributed by atoms with van der Waals surface area (Å²) in [6.45, 7) is 4.07. The Balaban J connectivity index is 1.61. The van der Waals surface area contributed by atoms with Crippen LogP contribution < -0.4 is 15.0 Å². The highest BCUT2D eigenvalue weighted by atomic mass is 35.5. The first-order valence-electron chi connectivity index (χ1n) is 11.8. The van der Waals surface area contributed by atoms with Crippen LogP contribution in [0.1, 0.15) is 51.5 Å². The molecule has 2 saturated heterocycles. The number of methoxy groups -OCH3 is 1. The van der Waals surface area contributed by atoms with Crippen molar-refractivity contribution >= 4 is 29.3 Å². The molecule has 1 unspecified atom stereocenters. The van der Waals surface area contributed by atoms with Crippen LogP contribution in [0.5, 0.6) is 5.75 Å². The van der Waals surface area contributed by atoms with Crippen molar-refractivity contribution in [3.63, 3.8) is 0 Å². The van der Waals surface area contributed by atoms with Gasteiger partial charge in [-0.05, 0) is 50.8 Å². The minimum absolute atomic E-state index is 0.0293. The average Bonchev–Trinajstić information content (AvgIpc) is 3.43. The Morgan fingerprint density at radius 2 is 2.06 bits per heavy atom. The molecule has 3 heterocycles. The third-order valence-corrected chi connectivity index (χ3v) is 7.33. The molecule has 3 aliphatic rings. The highest BCUT2D eigenvalue weighted by Crippen LogP contribution is 2.44. The van der Waals surface area contributed by atoms with Crippen LogP contribution >= 0.6 is 11.6 Å². The van der Waals surface area contributed by atoms with E-state index in [0.717, 1.165) is 24.0 Å². The number of epoxide rings is 1. The quantitative estimate of drug-likeness (QED) is 0.565. The number of nitrogens with zero attached hydrogens (tertiary/aromatic N) is 1. The Morgan fingerprint density at radius 3 is 2.82 bits per heavy atom. The van der Waals surface area contributed by atoms with Gasteiger partial charge in [0.05, 0.1) is 24.5 Å². The SMILES string of the molecule is COc1cc2cc(c1Cl)N(C)C(=O)CC[C@]1(C)O[C@H]1C[C@@H]1CC(C/C=C/C=C(\C)C2)NC(=O)O1. The number of ether oxygens (including phenoxy) is 3. The zero-order valence-electron chi connectivity index (χ0n) is 20.2. The number of nitrogens with one attached hydrogen (secondary N) is 1. The number of amides is 2. The molecule has 0 spiro atoms. The summed E-state index contributed by atoms with van der Waals surface area (Å²) in [5, 5.41) is 3.33. The molecule has 0 saturated carbocycles. The summed E-state index contributed by atoms with van der Waals surface area (Å²) in [5.74, 6) is 0.502. The van der Waals surface area contributed by atoms with Crippen molar-refractivity contribution in [2.45, 2.75) is 76.2 Å². The van der Waals surface area contributed by atoms with E-state index in [2.05, 4.69) is 24.4 Å². The maximum atomic E-state index is 13.1. The fraction of sp³-hybridized carbons (Fsp3) is 0.538. The molecule has 1 aromatic rings. The second kappa shape index (κ2) is 10.0. The Morgan fingerprint density at radius 1 is 1.26 bits per heavy atom. The van der Waals surface area contributed by atoms with Crippen LogP contribution in [0, 0.1) is 0 Å². The molecule has 3 aliphatic heterocycles. The van der Waals surface area contributed by atoms with Crippen molar-refractivity contribution in [3.05, 3.63) is 46.5 Å². The van der Waals surface area contributed by atoms with E-state index in [4.69, 9.17) is 25.8 Å². The van der Waals surface area contributed by atoms with Gasteiger partial charge in [0.2, 0.25) is 5.91 Å². The molecule has 2 fully saturated rings.